The van der Waals surface area contributed by atoms with Gasteiger partial charge in [0.2, 0.25) is 0 Å². The van der Waals surface area contributed by atoms with Gasteiger partial charge in [-0.2, -0.15) is 0 Å². The number of carbonyl (C=O) groups is 2. The van der Waals surface area contributed by atoms with Crippen molar-refractivity contribution in [3.05, 3.63) is 77.0 Å². The molecule has 6 nitrogen and oxygen atoms in total. The van der Waals surface area contributed by atoms with E-state index in [-0.39, 0.29) is 12.1 Å². The van der Waals surface area contributed by atoms with Gasteiger partial charge in [-0.3, -0.25) is 0 Å². The number of hydrogen-bond acceptors (Lipinski definition) is 4. The molecule has 1 aliphatic heterocycles. The van der Waals surface area contributed by atoms with Gasteiger partial charge in [0.1, 0.15) is 12.4 Å². The molecule has 1 atom stereocenters. The second kappa shape index (κ2) is 10.7. The molecule has 1 unspecified atom stereocenters. The number of para-hydroxylation sites is 1. The summed E-state index contributed by atoms with van der Waals surface area (Å²) < 4.78 is 11.6. The lowest BCUT2D eigenvalue weighted by molar-refractivity contribution is -0.143. The van der Waals surface area contributed by atoms with E-state index in [1.54, 1.807) is 0 Å². The van der Waals surface area contributed by atoms with Gasteiger partial charge in [0.25, 0.3) is 0 Å². The number of unbranched alkanes of at least 4 members (excludes halogenated alkanes) is 1. The second-order valence-electron chi connectivity index (χ2n) is 7.79. The van der Waals surface area contributed by atoms with E-state index in [1.807, 2.05) is 68.4 Å². The quantitative estimate of drug-likeness (QED) is 0.557. The summed E-state index contributed by atoms with van der Waals surface area (Å²) in [5.41, 5.74) is 2.79. The van der Waals surface area contributed by atoms with Gasteiger partial charge in [0.05, 0.1) is 17.7 Å². The third-order valence-electron chi connectivity index (χ3n) is 4.96. The highest BCUT2D eigenvalue weighted by Gasteiger charge is 2.35. The first-order valence-electron chi connectivity index (χ1n) is 10.8. The summed E-state index contributed by atoms with van der Waals surface area (Å²) in [6, 6.07) is 16.3. The fourth-order valence-electron chi connectivity index (χ4n) is 3.51. The number of ether oxygens (including phenoxy) is 2. The highest BCUT2D eigenvalue weighted by atomic mass is 16.5. The molecular weight excluding hydrogens is 392 g/mol. The molecule has 31 heavy (non-hydrogen) atoms. The maximum atomic E-state index is 13.1. The lowest BCUT2D eigenvalue weighted by Crippen LogP contribution is -2.46. The van der Waals surface area contributed by atoms with Gasteiger partial charge >= 0.3 is 12.0 Å². The van der Waals surface area contributed by atoms with Gasteiger partial charge in [-0.25, -0.2) is 9.59 Å². The fraction of sp³-hybridized carbons (Fsp3) is 0.360. The molecule has 2 amide bonds. The van der Waals surface area contributed by atoms with Gasteiger partial charge < -0.3 is 20.1 Å². The Kier molecular flexibility index (Phi) is 7.70. The number of urea groups is 1. The van der Waals surface area contributed by atoms with Crippen molar-refractivity contribution in [2.75, 3.05) is 0 Å². The molecule has 2 aromatic carbocycles. The topological polar surface area (TPSA) is 76.7 Å². The van der Waals surface area contributed by atoms with Crippen LogP contribution in [0.4, 0.5) is 4.79 Å². The van der Waals surface area contributed by atoms with E-state index >= 15 is 0 Å². The first-order valence-corrected chi connectivity index (χ1v) is 10.8. The molecule has 1 heterocycles. The van der Waals surface area contributed by atoms with Crippen LogP contribution < -0.4 is 15.4 Å². The number of hydrogen-bond donors (Lipinski definition) is 2. The first kappa shape index (κ1) is 22.4. The molecule has 3 rings (SSSR count). The zero-order valence-corrected chi connectivity index (χ0v) is 18.3. The Morgan fingerprint density at radius 2 is 1.77 bits per heavy atom. The molecule has 164 valence electrons. The predicted molar refractivity (Wildman–Crippen MR) is 119 cm³/mol. The van der Waals surface area contributed by atoms with Gasteiger partial charge in [-0.1, -0.05) is 61.9 Å². The lowest BCUT2D eigenvalue weighted by Gasteiger charge is -2.30. The predicted octanol–water partition coefficient (Wildman–Crippen LogP) is 5.02. The van der Waals surface area contributed by atoms with Crippen molar-refractivity contribution < 1.29 is 19.1 Å². The van der Waals surface area contributed by atoms with Crippen molar-refractivity contribution in [2.45, 2.75) is 58.8 Å². The van der Waals surface area contributed by atoms with E-state index in [9.17, 15) is 9.59 Å². The molecule has 0 aliphatic carbocycles. The van der Waals surface area contributed by atoms with Gasteiger partial charge in [0, 0.05) is 11.3 Å². The minimum Gasteiger partial charge on any atom is -0.489 e. The Morgan fingerprint density at radius 3 is 2.48 bits per heavy atom. The number of nitrogens with one attached hydrogen (secondary N) is 2. The zero-order valence-electron chi connectivity index (χ0n) is 18.3. The standard InChI is InChI=1S/C25H30N2O4/c1-4-5-14-20-22(24(28)31-17(2)3)23(27-25(29)26-20)19-13-9-10-15-21(19)30-16-18-11-7-6-8-12-18/h6-13,15,17,23H,4-5,14,16H2,1-3H3,(H2,26,27,29). The van der Waals surface area contributed by atoms with Gasteiger partial charge in [-0.15, -0.1) is 0 Å². The zero-order chi connectivity index (χ0) is 22.2. The highest BCUT2D eigenvalue weighted by Crippen LogP contribution is 2.35. The van der Waals surface area contributed by atoms with Crippen molar-refractivity contribution in [3.8, 4) is 5.75 Å². The molecular formula is C25H30N2O4. The van der Waals surface area contributed by atoms with Crippen LogP contribution in [-0.4, -0.2) is 18.1 Å². The smallest absolute Gasteiger partial charge is 0.338 e. The van der Waals surface area contributed by atoms with E-state index in [2.05, 4.69) is 17.6 Å². The largest absolute Gasteiger partial charge is 0.489 e. The summed E-state index contributed by atoms with van der Waals surface area (Å²) in [5, 5.41) is 5.71. The van der Waals surface area contributed by atoms with E-state index < -0.39 is 12.0 Å². The number of carbonyl (C=O) groups excluding carboxylic acids is 2. The number of allylic oxidation sites excluding steroid dienone is 1. The van der Waals surface area contributed by atoms with Crippen LogP contribution in [0.15, 0.2) is 65.9 Å². The normalized spacial score (nSPS) is 16.0. The molecule has 1 aliphatic rings. The number of rotatable bonds is 9. The third-order valence-corrected chi connectivity index (χ3v) is 4.96. The van der Waals surface area contributed by atoms with Crippen LogP contribution >= 0.6 is 0 Å². The van der Waals surface area contributed by atoms with Crippen LogP contribution in [0, 0.1) is 0 Å². The van der Waals surface area contributed by atoms with Crippen molar-refractivity contribution in [1.82, 2.24) is 10.6 Å². The van der Waals surface area contributed by atoms with Crippen LogP contribution in [-0.2, 0) is 16.1 Å². The minimum atomic E-state index is -0.654. The van der Waals surface area contributed by atoms with Crippen molar-refractivity contribution in [2.24, 2.45) is 0 Å². The fourth-order valence-corrected chi connectivity index (χ4v) is 3.51. The maximum Gasteiger partial charge on any atom is 0.338 e. The Labute approximate surface area is 183 Å². The average Bonchev–Trinajstić information content (AvgIpc) is 2.76. The summed E-state index contributed by atoms with van der Waals surface area (Å²) in [7, 11) is 0. The summed E-state index contributed by atoms with van der Waals surface area (Å²) in [6.07, 6.45) is 2.12. The summed E-state index contributed by atoms with van der Waals surface area (Å²) in [5.74, 6) is 0.180. The average molecular weight is 423 g/mol. The van der Waals surface area contributed by atoms with E-state index in [0.29, 0.717) is 30.0 Å². The summed E-state index contributed by atoms with van der Waals surface area (Å²) in [4.78, 5) is 25.5. The Bertz CT molecular complexity index is 938. The monoisotopic (exact) mass is 422 g/mol. The number of amides is 2. The second-order valence-corrected chi connectivity index (χ2v) is 7.79. The van der Waals surface area contributed by atoms with E-state index in [0.717, 1.165) is 24.0 Å². The van der Waals surface area contributed by atoms with Crippen molar-refractivity contribution >= 4 is 12.0 Å². The molecule has 0 fully saturated rings. The maximum absolute atomic E-state index is 13.1. The molecule has 0 radical (unpaired) electrons. The molecule has 0 aromatic heterocycles. The molecule has 2 N–H and O–H groups in total. The number of benzene rings is 2. The molecule has 0 bridgehead atoms. The van der Waals surface area contributed by atoms with Crippen molar-refractivity contribution in [1.29, 1.82) is 0 Å². The Hall–Kier alpha value is -3.28. The van der Waals surface area contributed by atoms with Crippen LogP contribution in [0.3, 0.4) is 0 Å². The van der Waals surface area contributed by atoms with Crippen LogP contribution in [0.2, 0.25) is 0 Å². The highest BCUT2D eigenvalue weighted by molar-refractivity contribution is 5.95. The molecule has 6 heteroatoms. The summed E-state index contributed by atoms with van der Waals surface area (Å²) >= 11 is 0. The molecule has 0 saturated carbocycles. The van der Waals surface area contributed by atoms with Crippen LogP contribution in [0.5, 0.6) is 5.75 Å². The lowest BCUT2D eigenvalue weighted by atomic mass is 9.93. The van der Waals surface area contributed by atoms with Gasteiger partial charge in [-0.05, 0) is 38.3 Å². The van der Waals surface area contributed by atoms with Crippen molar-refractivity contribution in [3.63, 3.8) is 0 Å². The first-order chi connectivity index (χ1) is 15.0. The molecule has 2 aromatic rings. The van der Waals surface area contributed by atoms with E-state index in [1.165, 1.54) is 0 Å². The van der Waals surface area contributed by atoms with Gasteiger partial charge in [0.15, 0.2) is 0 Å². The molecule has 0 spiro atoms. The molecule has 0 saturated heterocycles. The Balaban J connectivity index is 1.97. The van der Waals surface area contributed by atoms with Crippen LogP contribution in [0.25, 0.3) is 0 Å². The number of esters is 1. The van der Waals surface area contributed by atoms with E-state index in [4.69, 9.17) is 9.47 Å². The summed E-state index contributed by atoms with van der Waals surface area (Å²) in [6.45, 7) is 6.07. The van der Waals surface area contributed by atoms with Crippen LogP contribution in [0.1, 0.15) is 57.2 Å². The third kappa shape index (κ3) is 5.87. The Morgan fingerprint density at radius 1 is 1.06 bits per heavy atom. The minimum absolute atomic E-state index is 0.268. The SMILES string of the molecule is CCCCC1=C(C(=O)OC(C)C)C(c2ccccc2OCc2ccccc2)NC(=O)N1.